The summed E-state index contributed by atoms with van der Waals surface area (Å²) in [5.74, 6) is 0.615. The monoisotopic (exact) mass is 511 g/mol. The molecule has 0 saturated heterocycles. The predicted octanol–water partition coefficient (Wildman–Crippen LogP) is 4.92. The molecule has 2 heterocycles. The lowest BCUT2D eigenvalue weighted by molar-refractivity contribution is 0.174. The molecule has 2 aliphatic rings. The third-order valence-corrected chi connectivity index (χ3v) is 6.82. The topological polar surface area (TPSA) is 95.8 Å². The van der Waals surface area contributed by atoms with Gasteiger partial charge in [0.25, 0.3) is 0 Å². The van der Waals surface area contributed by atoms with Gasteiger partial charge in [-0.25, -0.2) is 9.18 Å². The Hall–Kier alpha value is -3.86. The van der Waals surface area contributed by atoms with Gasteiger partial charge >= 0.3 is 11.3 Å². The maximum atomic E-state index is 13.3. The first-order valence-electron chi connectivity index (χ1n) is 11.3. The van der Waals surface area contributed by atoms with Gasteiger partial charge in [0.15, 0.2) is 17.7 Å². The highest BCUT2D eigenvalue weighted by atomic mass is 32.2. The number of ether oxygens (including phenoxy) is 2. The molecule has 0 saturated carbocycles. The number of methoxy groups -OCH3 is 1. The molecule has 2 atom stereocenters. The highest BCUT2D eigenvalue weighted by molar-refractivity contribution is 8.14. The number of nitrogens with one attached hydrogen (secondary N) is 1. The summed E-state index contributed by atoms with van der Waals surface area (Å²) in [5.41, 5.74) is 2.02. The second-order valence-corrected chi connectivity index (χ2v) is 8.93. The fourth-order valence-electron chi connectivity index (χ4n) is 3.79. The number of hydrazone groups is 1. The van der Waals surface area contributed by atoms with Crippen molar-refractivity contribution >= 4 is 35.0 Å². The first kappa shape index (κ1) is 25.2. The van der Waals surface area contributed by atoms with Gasteiger partial charge in [0.1, 0.15) is 0 Å². The molecule has 0 bridgehead atoms. The van der Waals surface area contributed by atoms with Crippen molar-refractivity contribution in [2.24, 2.45) is 10.1 Å². The Bertz CT molecular complexity index is 1190. The fraction of sp³-hybridized carbons (Fsp3) is 0.280. The van der Waals surface area contributed by atoms with Crippen LogP contribution in [-0.4, -0.2) is 58.9 Å². The molecular weight excluding hydrogens is 485 g/mol. The van der Waals surface area contributed by atoms with E-state index in [1.165, 1.54) is 23.2 Å². The van der Waals surface area contributed by atoms with E-state index in [0.29, 0.717) is 35.6 Å². The fourth-order valence-corrected chi connectivity index (χ4v) is 4.75. The van der Waals surface area contributed by atoms with Crippen molar-refractivity contribution < 1.29 is 23.5 Å². The average molecular weight is 512 g/mol. The van der Waals surface area contributed by atoms with Gasteiger partial charge in [0, 0.05) is 24.2 Å². The number of rotatable bonds is 8. The number of urea groups is 1. The predicted molar refractivity (Wildman–Crippen MR) is 137 cm³/mol. The number of benzene rings is 2. The second kappa shape index (κ2) is 11.7. The van der Waals surface area contributed by atoms with Crippen LogP contribution in [-0.2, 0) is 0 Å². The molecule has 0 radical (unpaired) electrons. The minimum absolute atomic E-state index is 0.222. The Kier molecular flexibility index (Phi) is 8.21. The van der Waals surface area contributed by atoms with Gasteiger partial charge in [0.2, 0.25) is 6.86 Å². The van der Waals surface area contributed by atoms with E-state index in [4.69, 9.17) is 14.6 Å². The summed E-state index contributed by atoms with van der Waals surface area (Å²) < 4.78 is 23.1. The molecule has 2 aromatic rings. The van der Waals surface area contributed by atoms with Crippen molar-refractivity contribution in [2.45, 2.75) is 24.8 Å². The molecule has 188 valence electrons. The van der Waals surface area contributed by atoms with E-state index in [1.54, 1.807) is 30.6 Å². The summed E-state index contributed by atoms with van der Waals surface area (Å²) in [5, 5.41) is 8.45. The van der Waals surface area contributed by atoms with Crippen molar-refractivity contribution in [1.82, 2.24) is 15.2 Å². The van der Waals surface area contributed by atoms with E-state index in [-0.39, 0.29) is 16.2 Å². The van der Waals surface area contributed by atoms with E-state index in [1.807, 2.05) is 37.3 Å². The zero-order chi connectivity index (χ0) is 25.5. The molecular formula is C25H26FN5O4S. The van der Waals surface area contributed by atoms with E-state index >= 15 is 0 Å². The summed E-state index contributed by atoms with van der Waals surface area (Å²) >= 11 is 1.14. The third kappa shape index (κ3) is 5.51. The van der Waals surface area contributed by atoms with Crippen LogP contribution in [0.15, 0.2) is 71.0 Å². The van der Waals surface area contributed by atoms with Crippen molar-refractivity contribution in [3.63, 3.8) is 0 Å². The quantitative estimate of drug-likeness (QED) is 0.543. The zero-order valence-electron chi connectivity index (χ0n) is 19.8. The molecule has 1 N–H and O–H groups in total. The summed E-state index contributed by atoms with van der Waals surface area (Å²) in [6, 6.07) is 13.8. The van der Waals surface area contributed by atoms with Crippen LogP contribution in [0.2, 0.25) is 0 Å². The minimum atomic E-state index is -0.983. The molecule has 36 heavy (non-hydrogen) atoms. The van der Waals surface area contributed by atoms with Gasteiger partial charge in [-0.2, -0.15) is 10.1 Å². The van der Waals surface area contributed by atoms with E-state index in [2.05, 4.69) is 10.3 Å². The first-order chi connectivity index (χ1) is 17.5. The molecule has 0 spiro atoms. The largest absolute Gasteiger partial charge is 0.493 e. The van der Waals surface area contributed by atoms with Crippen LogP contribution in [0.5, 0.6) is 11.5 Å². The standard InChI is InChI=1S/C25H26FN5O4S/c1-3-21-22(18-9-10-19(35-16-26)20(15-18)34-2)29-31(25(33)36-21)23(17-7-5-4-6-8-17)28-24(32)30-13-11-27-12-14-30/h4-13,15,21,23H,3,14,16H2,1-2H3,(H,28,32). The molecule has 0 aromatic heterocycles. The van der Waals surface area contributed by atoms with Gasteiger partial charge in [-0.15, -0.1) is 0 Å². The number of halogens is 1. The molecule has 2 aliphatic heterocycles. The van der Waals surface area contributed by atoms with Crippen LogP contribution in [0.1, 0.15) is 30.6 Å². The van der Waals surface area contributed by atoms with E-state index in [9.17, 15) is 14.0 Å². The zero-order valence-corrected chi connectivity index (χ0v) is 20.7. The minimum Gasteiger partial charge on any atom is -0.493 e. The normalized spacial score (nSPS) is 18.0. The highest BCUT2D eigenvalue weighted by Crippen LogP contribution is 2.36. The lowest BCUT2D eigenvalue weighted by Gasteiger charge is -2.35. The van der Waals surface area contributed by atoms with Crippen LogP contribution >= 0.6 is 11.8 Å². The Morgan fingerprint density at radius 3 is 2.72 bits per heavy atom. The Balaban J connectivity index is 1.73. The molecule has 9 nitrogen and oxygen atoms in total. The van der Waals surface area contributed by atoms with Crippen LogP contribution < -0.4 is 14.8 Å². The summed E-state index contributed by atoms with van der Waals surface area (Å²) in [6.45, 7) is 1.30. The van der Waals surface area contributed by atoms with Gasteiger partial charge < -0.3 is 14.8 Å². The number of aliphatic imine (C=N–C) groups is 1. The van der Waals surface area contributed by atoms with Crippen molar-refractivity contribution in [3.8, 4) is 11.5 Å². The number of hydrogen-bond acceptors (Lipinski definition) is 7. The molecule has 3 amide bonds. The molecule has 4 rings (SSSR count). The van der Waals surface area contributed by atoms with Gasteiger partial charge in [0.05, 0.1) is 24.6 Å². The number of amides is 3. The molecule has 11 heteroatoms. The van der Waals surface area contributed by atoms with Gasteiger partial charge in [-0.1, -0.05) is 49.0 Å². The molecule has 2 aromatic carbocycles. The Morgan fingerprint density at radius 2 is 2.06 bits per heavy atom. The summed E-state index contributed by atoms with van der Waals surface area (Å²) in [6.07, 6.45) is 4.50. The smallest absolute Gasteiger partial charge is 0.323 e. The number of alkyl halides is 1. The summed E-state index contributed by atoms with van der Waals surface area (Å²) in [7, 11) is 1.47. The van der Waals surface area contributed by atoms with Crippen molar-refractivity contribution in [2.75, 3.05) is 20.5 Å². The number of thioether (sulfide) groups is 1. The van der Waals surface area contributed by atoms with Crippen LogP contribution in [0.25, 0.3) is 0 Å². The van der Waals surface area contributed by atoms with E-state index < -0.39 is 19.1 Å². The van der Waals surface area contributed by atoms with Crippen molar-refractivity contribution in [3.05, 3.63) is 72.1 Å². The second-order valence-electron chi connectivity index (χ2n) is 7.77. The van der Waals surface area contributed by atoms with Gasteiger partial charge in [-0.05, 0) is 30.2 Å². The Morgan fingerprint density at radius 1 is 1.25 bits per heavy atom. The number of carbonyl (C=O) groups is 2. The van der Waals surface area contributed by atoms with Gasteiger partial charge in [-0.3, -0.25) is 14.7 Å². The highest BCUT2D eigenvalue weighted by Gasteiger charge is 2.36. The molecule has 0 fully saturated rings. The SMILES string of the molecule is CCC1SC(=O)N(C(NC(=O)N2C=CN=CC2)c2ccccc2)N=C1c1ccc(OCF)c(OC)c1. The number of hydrogen-bond donors (Lipinski definition) is 1. The van der Waals surface area contributed by atoms with Crippen LogP contribution in [0.4, 0.5) is 14.0 Å². The maximum absolute atomic E-state index is 13.3. The number of nitrogens with zero attached hydrogens (tertiary/aromatic N) is 4. The number of carbonyl (C=O) groups excluding carboxylic acids is 2. The maximum Gasteiger partial charge on any atom is 0.323 e. The molecule has 0 aliphatic carbocycles. The van der Waals surface area contributed by atoms with Crippen LogP contribution in [0, 0.1) is 0 Å². The lowest BCUT2D eigenvalue weighted by atomic mass is 10.0. The first-order valence-corrected chi connectivity index (χ1v) is 12.2. The Labute approximate surface area is 212 Å². The third-order valence-electron chi connectivity index (χ3n) is 5.59. The average Bonchev–Trinajstić information content (AvgIpc) is 2.93. The summed E-state index contributed by atoms with van der Waals surface area (Å²) in [4.78, 5) is 31.7. The lowest BCUT2D eigenvalue weighted by Crippen LogP contribution is -2.48. The molecule has 2 unspecified atom stereocenters. The van der Waals surface area contributed by atoms with Crippen molar-refractivity contribution in [1.29, 1.82) is 0 Å². The van der Waals surface area contributed by atoms with Crippen LogP contribution in [0.3, 0.4) is 0 Å². The van der Waals surface area contributed by atoms with E-state index in [0.717, 1.165) is 11.8 Å².